The first-order chi connectivity index (χ1) is 8.45. The lowest BCUT2D eigenvalue weighted by atomic mass is 10.1. The van der Waals surface area contributed by atoms with E-state index < -0.39 is 18.0 Å². The van der Waals surface area contributed by atoms with E-state index in [0.29, 0.717) is 5.69 Å². The van der Waals surface area contributed by atoms with Gasteiger partial charge in [0, 0.05) is 6.42 Å². The molecule has 0 aliphatic carbocycles. The van der Waals surface area contributed by atoms with Gasteiger partial charge in [0.25, 0.3) is 11.8 Å². The molecule has 0 bridgehead atoms. The number of carboxylic acids is 1. The number of nitrogens with two attached hydrogens (primary N) is 1. The highest BCUT2D eigenvalue weighted by atomic mass is 19.1. The molecule has 7 heteroatoms. The molecule has 0 spiro atoms. The van der Waals surface area contributed by atoms with Gasteiger partial charge in [0.15, 0.2) is 0 Å². The van der Waals surface area contributed by atoms with Crippen LogP contribution in [0.1, 0.15) is 25.2 Å². The molecule has 1 heterocycles. The van der Waals surface area contributed by atoms with Gasteiger partial charge in [0.1, 0.15) is 6.04 Å². The maximum Gasteiger partial charge on any atom is 0.320 e. The van der Waals surface area contributed by atoms with Crippen molar-refractivity contribution in [2.45, 2.75) is 33.2 Å². The summed E-state index contributed by atoms with van der Waals surface area (Å²) in [5.74, 6) is -2.26. The van der Waals surface area contributed by atoms with Crippen molar-refractivity contribution < 1.29 is 19.0 Å². The predicted molar refractivity (Wildman–Crippen MR) is 63.9 cm³/mol. The number of aryl methyl sites for hydroxylation is 1. The van der Waals surface area contributed by atoms with Crippen LogP contribution >= 0.6 is 0 Å². The van der Waals surface area contributed by atoms with E-state index in [2.05, 4.69) is 14.7 Å². The van der Waals surface area contributed by atoms with E-state index in [4.69, 9.17) is 10.8 Å². The summed E-state index contributed by atoms with van der Waals surface area (Å²) in [6, 6.07) is -1.12. The van der Waals surface area contributed by atoms with Crippen LogP contribution in [0, 0.1) is 12.9 Å². The van der Waals surface area contributed by atoms with E-state index in [1.165, 1.54) is 7.11 Å². The minimum atomic E-state index is -1.17. The van der Waals surface area contributed by atoms with E-state index in [1.54, 1.807) is 6.92 Å². The summed E-state index contributed by atoms with van der Waals surface area (Å²) in [6.45, 7) is 5.58. The van der Waals surface area contributed by atoms with Gasteiger partial charge in [-0.3, -0.25) is 4.79 Å². The average molecular weight is 259 g/mol. The molecule has 0 fully saturated rings. The highest BCUT2D eigenvalue weighted by molar-refractivity contribution is 5.73. The molecule has 0 radical (unpaired) electrons. The summed E-state index contributed by atoms with van der Waals surface area (Å²) in [4.78, 5) is 17.9. The third-order valence-corrected chi connectivity index (χ3v) is 2.02. The SMILES string of the molecule is CC.COc1nc(C)c(CC(N)C(=O)O)nc1F. The second-order valence-corrected chi connectivity index (χ2v) is 3.20. The Morgan fingerprint density at radius 3 is 2.50 bits per heavy atom. The maximum atomic E-state index is 13.2. The zero-order valence-corrected chi connectivity index (χ0v) is 10.9. The highest BCUT2D eigenvalue weighted by Crippen LogP contribution is 2.14. The maximum absolute atomic E-state index is 13.2. The number of carbonyl (C=O) groups is 1. The molecule has 1 rings (SSSR count). The molecular weight excluding hydrogens is 241 g/mol. The molecule has 0 aromatic carbocycles. The number of aliphatic carboxylic acids is 1. The van der Waals surface area contributed by atoms with E-state index in [1.807, 2.05) is 13.8 Å². The van der Waals surface area contributed by atoms with Crippen LogP contribution in [0.15, 0.2) is 0 Å². The summed E-state index contributed by atoms with van der Waals surface area (Å²) in [5.41, 5.74) is 5.93. The third-order valence-electron chi connectivity index (χ3n) is 2.02. The Morgan fingerprint density at radius 2 is 2.06 bits per heavy atom. The molecule has 1 aromatic rings. The van der Waals surface area contributed by atoms with E-state index >= 15 is 0 Å². The van der Waals surface area contributed by atoms with Crippen molar-refractivity contribution in [1.29, 1.82) is 0 Å². The van der Waals surface area contributed by atoms with Crippen LogP contribution in [0.2, 0.25) is 0 Å². The minimum absolute atomic E-state index is 0.0743. The molecule has 0 amide bonds. The summed E-state index contributed by atoms with van der Waals surface area (Å²) < 4.78 is 17.8. The van der Waals surface area contributed by atoms with Crippen LogP contribution in [0.5, 0.6) is 5.88 Å². The van der Waals surface area contributed by atoms with Crippen LogP contribution in [0.25, 0.3) is 0 Å². The molecule has 6 nitrogen and oxygen atoms in total. The number of nitrogens with zero attached hydrogens (tertiary/aromatic N) is 2. The van der Waals surface area contributed by atoms with Gasteiger partial charge < -0.3 is 15.6 Å². The fourth-order valence-electron chi connectivity index (χ4n) is 1.13. The Bertz CT molecular complexity index is 413. The van der Waals surface area contributed by atoms with E-state index in [-0.39, 0.29) is 18.0 Å². The van der Waals surface area contributed by atoms with Gasteiger partial charge in [-0.2, -0.15) is 4.39 Å². The van der Waals surface area contributed by atoms with Crippen molar-refractivity contribution in [3.63, 3.8) is 0 Å². The molecule has 0 aliphatic heterocycles. The Kier molecular flexibility index (Phi) is 6.81. The number of halogens is 1. The van der Waals surface area contributed by atoms with E-state index in [9.17, 15) is 9.18 Å². The molecular formula is C11H18FN3O3. The quantitative estimate of drug-likeness (QED) is 0.834. The smallest absolute Gasteiger partial charge is 0.320 e. The molecule has 0 aliphatic rings. The van der Waals surface area contributed by atoms with Crippen LogP contribution in [0.3, 0.4) is 0 Å². The zero-order chi connectivity index (χ0) is 14.3. The van der Waals surface area contributed by atoms with Crippen LogP contribution in [-0.4, -0.2) is 34.2 Å². The fraction of sp³-hybridized carbons (Fsp3) is 0.545. The summed E-state index contributed by atoms with van der Waals surface area (Å²) in [5, 5.41) is 8.61. The average Bonchev–Trinajstić information content (AvgIpc) is 2.35. The van der Waals surface area contributed by atoms with Gasteiger partial charge in [0.2, 0.25) is 0 Å². The molecule has 0 saturated carbocycles. The number of methoxy groups -OCH3 is 1. The standard InChI is InChI=1S/C9H12FN3O3.C2H6/c1-4-6(3-5(11)9(14)15)13-7(10)8(12-4)16-2;1-2/h5H,3,11H2,1-2H3,(H,14,15);1-2H3. The van der Waals surface area contributed by atoms with Crippen molar-refractivity contribution in [2.75, 3.05) is 7.11 Å². The normalized spacial score (nSPS) is 11.2. The number of aromatic nitrogens is 2. The topological polar surface area (TPSA) is 98.3 Å². The van der Waals surface area contributed by atoms with Gasteiger partial charge in [-0.05, 0) is 6.92 Å². The first kappa shape index (κ1) is 16.2. The molecule has 3 N–H and O–H groups in total. The Balaban J connectivity index is 0.00000137. The lowest BCUT2D eigenvalue weighted by Crippen LogP contribution is -2.33. The number of ether oxygens (including phenoxy) is 1. The molecule has 102 valence electrons. The summed E-state index contributed by atoms with van der Waals surface area (Å²) >= 11 is 0. The number of hydrogen-bond donors (Lipinski definition) is 2. The number of rotatable bonds is 4. The van der Waals surface area contributed by atoms with Crippen molar-refractivity contribution >= 4 is 5.97 Å². The van der Waals surface area contributed by atoms with Gasteiger partial charge in [-0.25, -0.2) is 9.97 Å². The lowest BCUT2D eigenvalue weighted by molar-refractivity contribution is -0.138. The van der Waals surface area contributed by atoms with Crippen molar-refractivity contribution in [2.24, 2.45) is 5.73 Å². The summed E-state index contributed by atoms with van der Waals surface area (Å²) in [6.07, 6.45) is -0.0743. The first-order valence-electron chi connectivity index (χ1n) is 5.51. The van der Waals surface area contributed by atoms with Crippen LogP contribution < -0.4 is 10.5 Å². The van der Waals surface area contributed by atoms with Crippen LogP contribution in [-0.2, 0) is 11.2 Å². The number of carboxylic acid groups (broad SMARTS) is 1. The monoisotopic (exact) mass is 259 g/mol. The molecule has 1 unspecified atom stereocenters. The zero-order valence-electron chi connectivity index (χ0n) is 10.9. The Morgan fingerprint density at radius 1 is 1.50 bits per heavy atom. The minimum Gasteiger partial charge on any atom is -0.480 e. The van der Waals surface area contributed by atoms with Crippen molar-refractivity contribution in [3.8, 4) is 5.88 Å². The van der Waals surface area contributed by atoms with Crippen LogP contribution in [0.4, 0.5) is 4.39 Å². The van der Waals surface area contributed by atoms with E-state index in [0.717, 1.165) is 0 Å². The largest absolute Gasteiger partial charge is 0.480 e. The number of hydrogen-bond acceptors (Lipinski definition) is 5. The molecule has 18 heavy (non-hydrogen) atoms. The molecule has 0 saturated heterocycles. The van der Waals surface area contributed by atoms with Gasteiger partial charge >= 0.3 is 5.97 Å². The van der Waals surface area contributed by atoms with Crippen molar-refractivity contribution in [3.05, 3.63) is 17.3 Å². The predicted octanol–water partition coefficient (Wildman–Crippen LogP) is 0.913. The van der Waals surface area contributed by atoms with Gasteiger partial charge in [-0.1, -0.05) is 13.8 Å². The molecule has 1 atom stereocenters. The Labute approximate surface area is 105 Å². The molecule has 1 aromatic heterocycles. The first-order valence-corrected chi connectivity index (χ1v) is 5.51. The fourth-order valence-corrected chi connectivity index (χ4v) is 1.13. The third kappa shape index (κ3) is 4.25. The van der Waals surface area contributed by atoms with Gasteiger partial charge in [0.05, 0.1) is 18.5 Å². The lowest BCUT2D eigenvalue weighted by Gasteiger charge is -2.09. The van der Waals surface area contributed by atoms with Crippen molar-refractivity contribution in [1.82, 2.24) is 9.97 Å². The second-order valence-electron chi connectivity index (χ2n) is 3.20. The Hall–Kier alpha value is -1.76. The summed E-state index contributed by atoms with van der Waals surface area (Å²) in [7, 11) is 1.27. The van der Waals surface area contributed by atoms with Gasteiger partial charge in [-0.15, -0.1) is 0 Å². The second kappa shape index (κ2) is 7.54. The highest BCUT2D eigenvalue weighted by Gasteiger charge is 2.17.